The summed E-state index contributed by atoms with van der Waals surface area (Å²) in [7, 11) is 0. The predicted molar refractivity (Wildman–Crippen MR) is 75.6 cm³/mol. The molecule has 1 N–H and O–H groups in total. The molecule has 0 bridgehead atoms. The van der Waals surface area contributed by atoms with Gasteiger partial charge in [0.15, 0.2) is 18.1 Å². The smallest absolute Gasteiger partial charge is 0.259 e. The molecule has 1 atom stereocenters. The van der Waals surface area contributed by atoms with Crippen LogP contribution in [-0.2, 0) is 4.79 Å². The summed E-state index contributed by atoms with van der Waals surface area (Å²) in [6.45, 7) is 5.77. The molecule has 1 unspecified atom stereocenters. The Balaban J connectivity index is 2.60. The molecule has 0 aliphatic carbocycles. The van der Waals surface area contributed by atoms with Crippen molar-refractivity contribution in [3.8, 4) is 17.6 Å². The van der Waals surface area contributed by atoms with E-state index in [0.717, 1.165) is 0 Å². The van der Waals surface area contributed by atoms with Crippen LogP contribution in [0.4, 0.5) is 0 Å². The zero-order chi connectivity index (χ0) is 15.0. The van der Waals surface area contributed by atoms with Crippen LogP contribution in [0.5, 0.6) is 11.5 Å². The minimum atomic E-state index is -0.861. The van der Waals surface area contributed by atoms with Gasteiger partial charge in [0.2, 0.25) is 0 Å². The van der Waals surface area contributed by atoms with Crippen molar-refractivity contribution in [1.29, 1.82) is 5.26 Å². The number of carbonyl (C=O) groups excluding carboxylic acids is 1. The first-order valence-electron chi connectivity index (χ1n) is 6.61. The standard InChI is InChI=1S/C15H20N2O3/c1-4-15(3,11-16)17-14(18)10-20-13-9-7-6-8-12(13)19-5-2/h6-9H,4-5,10H2,1-3H3,(H,17,18). The fraction of sp³-hybridized carbons (Fsp3) is 0.467. The largest absolute Gasteiger partial charge is 0.490 e. The van der Waals surface area contributed by atoms with E-state index >= 15 is 0 Å². The second kappa shape index (κ2) is 7.39. The fourth-order valence-corrected chi connectivity index (χ4v) is 1.53. The molecule has 0 aliphatic rings. The lowest BCUT2D eigenvalue weighted by Crippen LogP contribution is -2.46. The SMILES string of the molecule is CCOc1ccccc1OCC(=O)NC(C)(C#N)CC. The number of para-hydroxylation sites is 2. The van der Waals surface area contributed by atoms with Crippen LogP contribution in [0.15, 0.2) is 24.3 Å². The van der Waals surface area contributed by atoms with Crippen molar-refractivity contribution in [3.05, 3.63) is 24.3 Å². The summed E-state index contributed by atoms with van der Waals surface area (Å²) in [4.78, 5) is 11.8. The van der Waals surface area contributed by atoms with E-state index < -0.39 is 5.54 Å². The Hall–Kier alpha value is -2.22. The van der Waals surface area contributed by atoms with Gasteiger partial charge in [-0.1, -0.05) is 19.1 Å². The van der Waals surface area contributed by atoms with Crippen molar-refractivity contribution >= 4 is 5.91 Å². The molecule has 0 aromatic heterocycles. The maximum atomic E-state index is 11.8. The van der Waals surface area contributed by atoms with Crippen molar-refractivity contribution < 1.29 is 14.3 Å². The molecule has 0 radical (unpaired) electrons. The van der Waals surface area contributed by atoms with E-state index in [1.54, 1.807) is 25.1 Å². The average Bonchev–Trinajstić information content (AvgIpc) is 2.46. The molecule has 108 valence electrons. The van der Waals surface area contributed by atoms with Crippen molar-refractivity contribution in [3.63, 3.8) is 0 Å². The first kappa shape index (κ1) is 15.8. The van der Waals surface area contributed by atoms with Gasteiger partial charge in [0.05, 0.1) is 12.7 Å². The quantitative estimate of drug-likeness (QED) is 0.829. The molecule has 0 fully saturated rings. The van der Waals surface area contributed by atoms with Crippen molar-refractivity contribution in [2.75, 3.05) is 13.2 Å². The third-order valence-electron chi connectivity index (χ3n) is 2.88. The number of hydrogen-bond donors (Lipinski definition) is 1. The lowest BCUT2D eigenvalue weighted by molar-refractivity contribution is -0.124. The highest BCUT2D eigenvalue weighted by molar-refractivity contribution is 5.78. The van der Waals surface area contributed by atoms with Gasteiger partial charge in [0.25, 0.3) is 5.91 Å². The number of carbonyl (C=O) groups is 1. The molecule has 5 nitrogen and oxygen atoms in total. The average molecular weight is 276 g/mol. The number of rotatable bonds is 7. The second-order valence-electron chi connectivity index (χ2n) is 4.51. The Labute approximate surface area is 119 Å². The molecule has 1 aromatic rings. The van der Waals surface area contributed by atoms with Gasteiger partial charge in [-0.05, 0) is 32.4 Å². The minimum Gasteiger partial charge on any atom is -0.490 e. The van der Waals surface area contributed by atoms with E-state index in [1.165, 1.54) is 0 Å². The van der Waals surface area contributed by atoms with Crippen LogP contribution in [0.2, 0.25) is 0 Å². The number of hydrogen-bond acceptors (Lipinski definition) is 4. The Kier molecular flexibility index (Phi) is 5.85. The fourth-order valence-electron chi connectivity index (χ4n) is 1.53. The molecule has 20 heavy (non-hydrogen) atoms. The lowest BCUT2D eigenvalue weighted by atomic mass is 10.0. The molecule has 0 saturated heterocycles. The number of ether oxygens (including phenoxy) is 2. The Bertz CT molecular complexity index is 496. The summed E-state index contributed by atoms with van der Waals surface area (Å²) >= 11 is 0. The highest BCUT2D eigenvalue weighted by Crippen LogP contribution is 2.26. The number of amides is 1. The van der Waals surface area contributed by atoms with Crippen LogP contribution in [0, 0.1) is 11.3 Å². The van der Waals surface area contributed by atoms with Gasteiger partial charge in [-0.2, -0.15) is 5.26 Å². The highest BCUT2D eigenvalue weighted by Gasteiger charge is 2.23. The van der Waals surface area contributed by atoms with E-state index in [1.807, 2.05) is 19.9 Å². The van der Waals surface area contributed by atoms with E-state index in [9.17, 15) is 4.79 Å². The molecule has 1 rings (SSSR count). The third kappa shape index (κ3) is 4.47. The Morgan fingerprint density at radius 1 is 1.30 bits per heavy atom. The maximum Gasteiger partial charge on any atom is 0.259 e. The zero-order valence-electron chi connectivity index (χ0n) is 12.1. The molecule has 5 heteroatoms. The summed E-state index contributed by atoms with van der Waals surface area (Å²) in [5, 5.41) is 11.7. The molecular formula is C15H20N2O3. The molecule has 0 heterocycles. The van der Waals surface area contributed by atoms with Gasteiger partial charge in [0, 0.05) is 0 Å². The van der Waals surface area contributed by atoms with Gasteiger partial charge >= 0.3 is 0 Å². The molecular weight excluding hydrogens is 256 g/mol. The van der Waals surface area contributed by atoms with Crippen LogP contribution >= 0.6 is 0 Å². The van der Waals surface area contributed by atoms with Gasteiger partial charge in [-0.25, -0.2) is 0 Å². The zero-order valence-corrected chi connectivity index (χ0v) is 12.1. The first-order chi connectivity index (χ1) is 9.54. The normalized spacial score (nSPS) is 12.9. The first-order valence-corrected chi connectivity index (χ1v) is 6.61. The van der Waals surface area contributed by atoms with E-state index in [0.29, 0.717) is 24.5 Å². The minimum absolute atomic E-state index is 0.151. The second-order valence-corrected chi connectivity index (χ2v) is 4.51. The van der Waals surface area contributed by atoms with E-state index in [2.05, 4.69) is 11.4 Å². The van der Waals surface area contributed by atoms with Gasteiger partial charge in [0.1, 0.15) is 5.54 Å². The summed E-state index contributed by atoms with van der Waals surface area (Å²) in [6.07, 6.45) is 0.533. The summed E-state index contributed by atoms with van der Waals surface area (Å²) in [5.74, 6) is 0.781. The Morgan fingerprint density at radius 2 is 1.90 bits per heavy atom. The van der Waals surface area contributed by atoms with Crippen molar-refractivity contribution in [1.82, 2.24) is 5.32 Å². The van der Waals surface area contributed by atoms with Crippen LogP contribution in [-0.4, -0.2) is 24.7 Å². The van der Waals surface area contributed by atoms with Crippen LogP contribution in [0.1, 0.15) is 27.2 Å². The highest BCUT2D eigenvalue weighted by atomic mass is 16.5. The molecule has 1 aromatic carbocycles. The molecule has 1 amide bonds. The van der Waals surface area contributed by atoms with Gasteiger partial charge < -0.3 is 14.8 Å². The third-order valence-corrected chi connectivity index (χ3v) is 2.88. The topological polar surface area (TPSA) is 71.3 Å². The molecule has 0 saturated carbocycles. The number of nitriles is 1. The van der Waals surface area contributed by atoms with Crippen LogP contribution < -0.4 is 14.8 Å². The van der Waals surface area contributed by atoms with E-state index in [-0.39, 0.29) is 12.5 Å². The van der Waals surface area contributed by atoms with Crippen molar-refractivity contribution in [2.45, 2.75) is 32.7 Å². The summed E-state index contributed by atoms with van der Waals surface area (Å²) in [6, 6.07) is 9.24. The molecule has 0 aliphatic heterocycles. The van der Waals surface area contributed by atoms with Crippen molar-refractivity contribution in [2.24, 2.45) is 0 Å². The van der Waals surface area contributed by atoms with Crippen LogP contribution in [0.3, 0.4) is 0 Å². The van der Waals surface area contributed by atoms with Crippen LogP contribution in [0.25, 0.3) is 0 Å². The monoisotopic (exact) mass is 276 g/mol. The summed E-state index contributed by atoms with van der Waals surface area (Å²) < 4.78 is 10.8. The van der Waals surface area contributed by atoms with E-state index in [4.69, 9.17) is 14.7 Å². The maximum absolute atomic E-state index is 11.8. The lowest BCUT2D eigenvalue weighted by Gasteiger charge is -2.21. The van der Waals surface area contributed by atoms with Gasteiger partial charge in [-0.15, -0.1) is 0 Å². The number of nitrogens with zero attached hydrogens (tertiary/aromatic N) is 1. The summed E-state index contributed by atoms with van der Waals surface area (Å²) in [5.41, 5.74) is -0.861. The van der Waals surface area contributed by atoms with Gasteiger partial charge in [-0.3, -0.25) is 4.79 Å². The Morgan fingerprint density at radius 3 is 2.40 bits per heavy atom. The number of benzene rings is 1. The predicted octanol–water partition coefficient (Wildman–Crippen LogP) is 2.27. The molecule has 0 spiro atoms. The number of nitrogens with one attached hydrogen (secondary N) is 1.